The van der Waals surface area contributed by atoms with Crippen molar-refractivity contribution in [2.24, 2.45) is 0 Å². The van der Waals surface area contributed by atoms with E-state index in [1.807, 2.05) is 0 Å². The lowest BCUT2D eigenvalue weighted by Gasteiger charge is -2.24. The number of nitrogens with zero attached hydrogens (tertiary/aromatic N) is 4. The van der Waals surface area contributed by atoms with Crippen molar-refractivity contribution in [3.63, 3.8) is 0 Å². The molecule has 0 saturated carbocycles. The van der Waals surface area contributed by atoms with Gasteiger partial charge in [0.05, 0.1) is 56.6 Å². The third-order valence-corrected chi connectivity index (χ3v) is 20.1. The highest BCUT2D eigenvalue weighted by molar-refractivity contribution is 6.04. The minimum atomic E-state index is -0.363. The Morgan fingerprint density at radius 3 is 1.28 bits per heavy atom. The Kier molecular flexibility index (Phi) is 14.0. The van der Waals surface area contributed by atoms with Gasteiger partial charge < -0.3 is 24.7 Å². The summed E-state index contributed by atoms with van der Waals surface area (Å²) in [6.07, 6.45) is 13.5. The fraction of sp³-hybridized carbons (Fsp3) is 0.342. The van der Waals surface area contributed by atoms with E-state index in [0.29, 0.717) is 0 Å². The van der Waals surface area contributed by atoms with Crippen LogP contribution in [0, 0.1) is 27.7 Å². The van der Waals surface area contributed by atoms with Gasteiger partial charge in [-0.05, 0) is 232 Å². The highest BCUT2D eigenvalue weighted by Crippen LogP contribution is 2.54. The third kappa shape index (κ3) is 8.52. The van der Waals surface area contributed by atoms with Crippen molar-refractivity contribution in [3.8, 4) is 16.9 Å². The van der Waals surface area contributed by atoms with Crippen LogP contribution in [0.15, 0.2) is 72.8 Å². The van der Waals surface area contributed by atoms with E-state index in [1.165, 1.54) is 89.1 Å². The van der Waals surface area contributed by atoms with E-state index in [2.05, 4.69) is 204 Å². The molecule has 9 heteroatoms. The van der Waals surface area contributed by atoms with Crippen molar-refractivity contribution < 1.29 is 4.74 Å². The van der Waals surface area contributed by atoms with Crippen LogP contribution in [0.4, 0.5) is 0 Å². The lowest BCUT2D eigenvalue weighted by Crippen LogP contribution is -2.22. The Balaban J connectivity index is 1.09. The molecule has 6 aliphatic rings. The standard InChI is InChI=1S/C76H82N8O/c1-17-45-37(9)57-31-65-49(21-5)41(13)71(81-65)69(72-42(14)50(22-6)66(82-72)32-58-38(10)46(18-2)62(78-58)35-61(45)77-57)55-29-25-27-53-54-28-26-30-56(76(54)85-75(53)55)70-73-43(15)51(23-7)67(83-73)33-59-39(11)47(19-3)63(79-59)36-64-48(20-4)40(12)60(80-64)34-68-52(24-8)44(16)74(70)84-68/h25-36,53,75,77,79,82,84H,17-24H2,1-16H3. The van der Waals surface area contributed by atoms with Crippen LogP contribution in [0.25, 0.3) is 105 Å². The Morgan fingerprint density at radius 2 is 0.812 bits per heavy atom. The molecule has 85 heavy (non-hydrogen) atoms. The number of para-hydroxylation sites is 1. The van der Waals surface area contributed by atoms with Gasteiger partial charge in [-0.3, -0.25) is 0 Å². The average Bonchev–Trinajstić information content (AvgIpc) is 1.98. The number of ether oxygens (including phenoxy) is 1. The first kappa shape index (κ1) is 55.9. The summed E-state index contributed by atoms with van der Waals surface area (Å²) in [4.78, 5) is 38.4. The maximum absolute atomic E-state index is 7.85. The topological polar surface area (TPSA) is 124 Å². The van der Waals surface area contributed by atoms with Gasteiger partial charge in [-0.15, -0.1) is 0 Å². The van der Waals surface area contributed by atoms with Gasteiger partial charge in [0.15, 0.2) is 0 Å². The van der Waals surface area contributed by atoms with E-state index in [4.69, 9.17) is 24.7 Å². The van der Waals surface area contributed by atoms with Crippen LogP contribution >= 0.6 is 0 Å². The van der Waals surface area contributed by atoms with Crippen LogP contribution in [0.2, 0.25) is 0 Å². The summed E-state index contributed by atoms with van der Waals surface area (Å²) < 4.78 is 7.85. The van der Waals surface area contributed by atoms with E-state index in [9.17, 15) is 0 Å². The zero-order valence-corrected chi connectivity index (χ0v) is 52.9. The molecule has 4 N–H and O–H groups in total. The fourth-order valence-electron chi connectivity index (χ4n) is 15.4. The number of allylic oxidation sites excluding steroid dienone is 10. The van der Waals surface area contributed by atoms with E-state index in [-0.39, 0.29) is 12.0 Å². The molecule has 6 aromatic heterocycles. The molecule has 9 nitrogen and oxygen atoms in total. The highest BCUT2D eigenvalue weighted by Gasteiger charge is 2.41. The van der Waals surface area contributed by atoms with E-state index in [0.717, 1.165) is 175 Å². The molecule has 1 aliphatic carbocycles. The monoisotopic (exact) mass is 1120 g/mol. The zero-order chi connectivity index (χ0) is 59.6. The van der Waals surface area contributed by atoms with Gasteiger partial charge in [0.1, 0.15) is 11.9 Å². The Bertz CT molecular complexity index is 4640. The Labute approximate surface area is 501 Å². The molecular formula is C76H82N8O. The van der Waals surface area contributed by atoms with Crippen molar-refractivity contribution in [2.75, 3.05) is 0 Å². The molecule has 0 saturated heterocycles. The molecule has 0 radical (unpaired) electrons. The maximum Gasteiger partial charge on any atom is 0.135 e. The predicted octanol–water partition coefficient (Wildman–Crippen LogP) is 20.0. The molecule has 0 fully saturated rings. The van der Waals surface area contributed by atoms with Gasteiger partial charge in [-0.25, -0.2) is 19.9 Å². The maximum atomic E-state index is 7.85. The number of nitrogens with one attached hydrogen (secondary N) is 4. The van der Waals surface area contributed by atoms with Crippen LogP contribution in [0.3, 0.4) is 0 Å². The minimum Gasteiger partial charge on any atom is -0.484 e. The summed E-state index contributed by atoms with van der Waals surface area (Å²) in [5.41, 5.74) is 42.1. The summed E-state index contributed by atoms with van der Waals surface area (Å²) in [7, 11) is 0. The number of fused-ring (bicyclic) bond motifs is 19. The van der Waals surface area contributed by atoms with Gasteiger partial charge in [-0.2, -0.15) is 0 Å². The Hall–Kier alpha value is -8.30. The second kappa shape index (κ2) is 21.3. The van der Waals surface area contributed by atoms with Crippen LogP contribution < -0.4 is 4.74 Å². The summed E-state index contributed by atoms with van der Waals surface area (Å²) >= 11 is 0. The number of aromatic amines is 4. The quantitative estimate of drug-likeness (QED) is 0.109. The number of hydrogen-bond acceptors (Lipinski definition) is 5. The van der Waals surface area contributed by atoms with Crippen LogP contribution in [-0.4, -0.2) is 46.0 Å². The first-order valence-electron chi connectivity index (χ1n) is 31.6. The van der Waals surface area contributed by atoms with Crippen molar-refractivity contribution in [3.05, 3.63) is 174 Å². The zero-order valence-electron chi connectivity index (χ0n) is 52.9. The normalized spacial score (nSPS) is 16.5. The number of hydrogen-bond donors (Lipinski definition) is 4. The van der Waals surface area contributed by atoms with Crippen molar-refractivity contribution >= 4 is 94.3 Å². The first-order valence-corrected chi connectivity index (χ1v) is 31.6. The molecule has 1 aromatic carbocycles. The van der Waals surface area contributed by atoms with E-state index < -0.39 is 0 Å². The van der Waals surface area contributed by atoms with Crippen molar-refractivity contribution in [1.29, 1.82) is 0 Å². The van der Waals surface area contributed by atoms with Gasteiger partial charge in [0, 0.05) is 66.8 Å². The molecule has 16 bridgehead atoms. The highest BCUT2D eigenvalue weighted by atomic mass is 16.5. The molecule has 0 amide bonds. The largest absolute Gasteiger partial charge is 0.484 e. The molecule has 11 heterocycles. The van der Waals surface area contributed by atoms with Gasteiger partial charge in [-0.1, -0.05) is 91.8 Å². The average molecular weight is 1120 g/mol. The number of aryl methyl sites for hydroxylation is 8. The van der Waals surface area contributed by atoms with Crippen LogP contribution in [0.5, 0.6) is 5.75 Å². The summed E-state index contributed by atoms with van der Waals surface area (Å²) in [6.45, 7) is 36.2. The number of aromatic nitrogens is 8. The number of rotatable bonds is 10. The lowest BCUT2D eigenvalue weighted by atomic mass is 9.82. The summed E-state index contributed by atoms with van der Waals surface area (Å²) in [5.74, 6) is 0.810. The first-order chi connectivity index (χ1) is 41.1. The second-order valence-corrected chi connectivity index (χ2v) is 24.3. The van der Waals surface area contributed by atoms with E-state index >= 15 is 0 Å². The van der Waals surface area contributed by atoms with Crippen LogP contribution in [0.1, 0.15) is 216 Å². The molecule has 5 aliphatic heterocycles. The third-order valence-electron chi connectivity index (χ3n) is 20.1. The number of H-pyrrole nitrogens is 4. The molecular weight excluding hydrogens is 1040 g/mol. The predicted molar refractivity (Wildman–Crippen MR) is 359 cm³/mol. The summed E-state index contributed by atoms with van der Waals surface area (Å²) in [6, 6.07) is 20.6. The molecule has 13 rings (SSSR count). The molecule has 0 spiro atoms. The van der Waals surface area contributed by atoms with Gasteiger partial charge in [0.2, 0.25) is 0 Å². The van der Waals surface area contributed by atoms with E-state index in [1.54, 1.807) is 0 Å². The molecule has 2 unspecified atom stereocenters. The fourth-order valence-corrected chi connectivity index (χ4v) is 15.4. The SMILES string of the molecule is CCC1=C(C)c2cc3[nH]c(c(C)c3CC)c(C3=CC=CC4c5cccc(-c6c7nc(cc8[nH]c(cc9nc(cc%10[nH]c6c(C)c%10CC)C(C)=C9CC)c(CC)c8C)C(CC)=C7C)c5OC34)c3nc(cc4[nH]c(cc1n2)c(CC)c4C)C(CC)=C3C. The Morgan fingerprint density at radius 1 is 0.412 bits per heavy atom. The molecule has 7 aromatic rings. The smallest absolute Gasteiger partial charge is 0.135 e. The van der Waals surface area contributed by atoms with Crippen molar-refractivity contribution in [2.45, 2.75) is 174 Å². The van der Waals surface area contributed by atoms with Gasteiger partial charge in [0.25, 0.3) is 0 Å². The summed E-state index contributed by atoms with van der Waals surface area (Å²) in [5, 5.41) is 0. The van der Waals surface area contributed by atoms with Crippen LogP contribution in [-0.2, 0) is 25.7 Å². The lowest BCUT2D eigenvalue weighted by molar-refractivity contribution is 0.279. The molecule has 432 valence electrons. The van der Waals surface area contributed by atoms with Gasteiger partial charge >= 0.3 is 0 Å². The number of benzene rings is 1. The van der Waals surface area contributed by atoms with Crippen molar-refractivity contribution in [1.82, 2.24) is 39.9 Å². The second-order valence-electron chi connectivity index (χ2n) is 24.3. The molecule has 2 atom stereocenters. The minimum absolute atomic E-state index is 0.0779.